The quantitative estimate of drug-likeness (QED) is 0.909. The van der Waals surface area contributed by atoms with E-state index in [4.69, 9.17) is 5.73 Å². The first-order chi connectivity index (χ1) is 9.41. The summed E-state index contributed by atoms with van der Waals surface area (Å²) in [6.07, 6.45) is -2.36. The van der Waals surface area contributed by atoms with E-state index in [9.17, 15) is 18.0 Å². The van der Waals surface area contributed by atoms with Gasteiger partial charge in [-0.15, -0.1) is 12.4 Å². The standard InChI is InChI=1S/C13H16F3N3O.ClH/c14-13(15,16)10-2-1-5-19(8-10)12(20)9-3-4-18-11(6-9)7-17;/h3-4,6,10H,1-2,5,7-8,17H2;1H. The topological polar surface area (TPSA) is 59.2 Å². The van der Waals surface area contributed by atoms with Crippen LogP contribution in [0.15, 0.2) is 18.3 Å². The maximum atomic E-state index is 12.7. The fourth-order valence-corrected chi connectivity index (χ4v) is 2.33. The van der Waals surface area contributed by atoms with Gasteiger partial charge in [-0.05, 0) is 25.0 Å². The number of likely N-dealkylation sites (tertiary alicyclic amines) is 1. The van der Waals surface area contributed by atoms with E-state index in [-0.39, 0.29) is 31.9 Å². The van der Waals surface area contributed by atoms with Crippen LogP contribution in [0.5, 0.6) is 0 Å². The van der Waals surface area contributed by atoms with Gasteiger partial charge in [0.05, 0.1) is 11.6 Å². The zero-order valence-electron chi connectivity index (χ0n) is 11.3. The van der Waals surface area contributed by atoms with Crippen LogP contribution in [-0.4, -0.2) is 35.1 Å². The summed E-state index contributed by atoms with van der Waals surface area (Å²) in [6.45, 7) is 0.264. The number of hydrogen-bond acceptors (Lipinski definition) is 3. The van der Waals surface area contributed by atoms with E-state index < -0.39 is 18.0 Å². The lowest BCUT2D eigenvalue weighted by Gasteiger charge is -2.33. The second-order valence-electron chi connectivity index (χ2n) is 4.87. The Morgan fingerprint density at radius 1 is 1.48 bits per heavy atom. The number of halogens is 4. The van der Waals surface area contributed by atoms with Gasteiger partial charge in [0.2, 0.25) is 0 Å². The Balaban J connectivity index is 0.00000220. The molecule has 0 spiro atoms. The zero-order valence-corrected chi connectivity index (χ0v) is 12.1. The van der Waals surface area contributed by atoms with Gasteiger partial charge in [-0.2, -0.15) is 13.2 Å². The highest BCUT2D eigenvalue weighted by molar-refractivity contribution is 5.94. The molecule has 1 unspecified atom stereocenters. The highest BCUT2D eigenvalue weighted by atomic mass is 35.5. The molecule has 2 N–H and O–H groups in total. The van der Waals surface area contributed by atoms with E-state index in [1.807, 2.05) is 0 Å². The zero-order chi connectivity index (χ0) is 14.8. The van der Waals surface area contributed by atoms with Crippen LogP contribution in [0.3, 0.4) is 0 Å². The lowest BCUT2D eigenvalue weighted by atomic mass is 9.97. The summed E-state index contributed by atoms with van der Waals surface area (Å²) < 4.78 is 38.2. The van der Waals surface area contributed by atoms with E-state index in [2.05, 4.69) is 4.98 Å². The normalized spacial score (nSPS) is 19.0. The third kappa shape index (κ3) is 4.31. The van der Waals surface area contributed by atoms with Crippen LogP contribution in [0.4, 0.5) is 13.2 Å². The molecule has 1 atom stereocenters. The van der Waals surface area contributed by atoms with Gasteiger partial charge in [0.1, 0.15) is 0 Å². The third-order valence-corrected chi connectivity index (χ3v) is 3.44. The predicted molar refractivity (Wildman–Crippen MR) is 74.1 cm³/mol. The lowest BCUT2D eigenvalue weighted by molar-refractivity contribution is -0.184. The van der Waals surface area contributed by atoms with Crippen molar-refractivity contribution in [2.24, 2.45) is 11.7 Å². The minimum Gasteiger partial charge on any atom is -0.338 e. The Bertz CT molecular complexity index is 496. The van der Waals surface area contributed by atoms with Gasteiger partial charge in [0.15, 0.2) is 0 Å². The first-order valence-electron chi connectivity index (χ1n) is 6.43. The van der Waals surface area contributed by atoms with Crippen molar-refractivity contribution in [1.82, 2.24) is 9.88 Å². The molecule has 1 aliphatic rings. The van der Waals surface area contributed by atoms with Crippen molar-refractivity contribution >= 4 is 18.3 Å². The average Bonchev–Trinajstić information content (AvgIpc) is 2.46. The molecule has 1 aromatic rings. The Labute approximate surface area is 126 Å². The van der Waals surface area contributed by atoms with Gasteiger partial charge >= 0.3 is 6.18 Å². The minimum atomic E-state index is -4.25. The van der Waals surface area contributed by atoms with Gasteiger partial charge < -0.3 is 10.6 Å². The molecule has 1 fully saturated rings. The molecule has 4 nitrogen and oxygen atoms in total. The van der Waals surface area contributed by atoms with Gasteiger partial charge in [-0.25, -0.2) is 0 Å². The van der Waals surface area contributed by atoms with Crippen molar-refractivity contribution in [2.45, 2.75) is 25.6 Å². The second kappa shape index (κ2) is 7.09. The van der Waals surface area contributed by atoms with E-state index in [1.165, 1.54) is 23.2 Å². The highest BCUT2D eigenvalue weighted by Crippen LogP contribution is 2.33. The number of nitrogens with zero attached hydrogens (tertiary/aromatic N) is 2. The van der Waals surface area contributed by atoms with Crippen LogP contribution in [-0.2, 0) is 6.54 Å². The molecule has 21 heavy (non-hydrogen) atoms. The number of aromatic nitrogens is 1. The number of carbonyl (C=O) groups excluding carboxylic acids is 1. The molecule has 0 saturated carbocycles. The molecule has 1 aromatic heterocycles. The number of piperidine rings is 1. The summed E-state index contributed by atoms with van der Waals surface area (Å²) in [7, 11) is 0. The summed E-state index contributed by atoms with van der Waals surface area (Å²) in [5.74, 6) is -1.83. The number of rotatable bonds is 2. The molecule has 118 valence electrons. The minimum absolute atomic E-state index is 0. The van der Waals surface area contributed by atoms with Crippen LogP contribution in [0.25, 0.3) is 0 Å². The van der Waals surface area contributed by atoms with Crippen LogP contribution in [0.1, 0.15) is 28.9 Å². The molecule has 0 bridgehead atoms. The molecule has 0 aliphatic carbocycles. The summed E-state index contributed by atoms with van der Waals surface area (Å²) in [6, 6.07) is 3.03. The van der Waals surface area contributed by atoms with E-state index in [1.54, 1.807) is 0 Å². The van der Waals surface area contributed by atoms with Crippen molar-refractivity contribution in [3.63, 3.8) is 0 Å². The van der Waals surface area contributed by atoms with Crippen LogP contribution >= 0.6 is 12.4 Å². The molecule has 2 heterocycles. The maximum absolute atomic E-state index is 12.7. The van der Waals surface area contributed by atoms with E-state index in [0.717, 1.165) is 0 Å². The van der Waals surface area contributed by atoms with Crippen LogP contribution < -0.4 is 5.73 Å². The molecule has 1 saturated heterocycles. The molecule has 2 rings (SSSR count). The van der Waals surface area contributed by atoms with Crippen molar-refractivity contribution in [3.05, 3.63) is 29.6 Å². The van der Waals surface area contributed by atoms with Gasteiger partial charge in [0.25, 0.3) is 5.91 Å². The van der Waals surface area contributed by atoms with Crippen LogP contribution in [0, 0.1) is 5.92 Å². The lowest BCUT2D eigenvalue weighted by Crippen LogP contribution is -2.44. The monoisotopic (exact) mass is 323 g/mol. The highest BCUT2D eigenvalue weighted by Gasteiger charge is 2.42. The number of amides is 1. The number of nitrogens with two attached hydrogens (primary N) is 1. The fraction of sp³-hybridized carbons (Fsp3) is 0.538. The second-order valence-corrected chi connectivity index (χ2v) is 4.87. The van der Waals surface area contributed by atoms with Crippen molar-refractivity contribution < 1.29 is 18.0 Å². The molecule has 0 radical (unpaired) electrons. The maximum Gasteiger partial charge on any atom is 0.393 e. The van der Waals surface area contributed by atoms with Crippen LogP contribution in [0.2, 0.25) is 0 Å². The summed E-state index contributed by atoms with van der Waals surface area (Å²) >= 11 is 0. The Morgan fingerprint density at radius 3 is 2.81 bits per heavy atom. The smallest absolute Gasteiger partial charge is 0.338 e. The number of hydrogen-bond donors (Lipinski definition) is 1. The first-order valence-corrected chi connectivity index (χ1v) is 6.43. The summed E-state index contributed by atoms with van der Waals surface area (Å²) in [4.78, 5) is 17.5. The fourth-order valence-electron chi connectivity index (χ4n) is 2.33. The third-order valence-electron chi connectivity index (χ3n) is 3.44. The summed E-state index contributed by atoms with van der Waals surface area (Å²) in [5.41, 5.74) is 6.32. The largest absolute Gasteiger partial charge is 0.393 e. The molecule has 1 amide bonds. The van der Waals surface area contributed by atoms with Gasteiger partial charge in [-0.1, -0.05) is 0 Å². The molecular formula is C13H17ClF3N3O. The molecule has 1 aliphatic heterocycles. The average molecular weight is 324 g/mol. The van der Waals surface area contributed by atoms with Crippen molar-refractivity contribution in [2.75, 3.05) is 13.1 Å². The molecular weight excluding hydrogens is 307 g/mol. The molecule has 8 heteroatoms. The predicted octanol–water partition coefficient (Wildman–Crippen LogP) is 2.38. The Kier molecular flexibility index (Phi) is 5.98. The van der Waals surface area contributed by atoms with E-state index >= 15 is 0 Å². The van der Waals surface area contributed by atoms with E-state index in [0.29, 0.717) is 24.2 Å². The number of alkyl halides is 3. The number of pyridine rings is 1. The Hall–Kier alpha value is -1.34. The van der Waals surface area contributed by atoms with Crippen molar-refractivity contribution in [1.29, 1.82) is 0 Å². The van der Waals surface area contributed by atoms with Gasteiger partial charge in [0, 0.05) is 31.4 Å². The SMILES string of the molecule is Cl.NCc1cc(C(=O)N2CCCC(C(F)(F)F)C2)ccn1. The first kappa shape index (κ1) is 17.7. The summed E-state index contributed by atoms with van der Waals surface area (Å²) in [5, 5.41) is 0. The van der Waals surface area contributed by atoms with Gasteiger partial charge in [-0.3, -0.25) is 9.78 Å². The number of carbonyl (C=O) groups is 1. The van der Waals surface area contributed by atoms with Crippen molar-refractivity contribution in [3.8, 4) is 0 Å². The Morgan fingerprint density at radius 2 is 2.19 bits per heavy atom. The molecule has 0 aromatic carbocycles.